The molecule has 0 spiro atoms. The van der Waals surface area contributed by atoms with Gasteiger partial charge in [-0.2, -0.15) is 20.3 Å². The number of hydrazone groups is 1. The van der Waals surface area contributed by atoms with Gasteiger partial charge >= 0.3 is 0 Å². The van der Waals surface area contributed by atoms with E-state index in [1.165, 1.54) is 10.6 Å². The Balaban J connectivity index is 1.72. The minimum absolute atomic E-state index is 0.186. The first-order valence-electron chi connectivity index (χ1n) is 9.63. The van der Waals surface area contributed by atoms with Crippen molar-refractivity contribution in [3.05, 3.63) is 72.3 Å². The fourth-order valence-corrected chi connectivity index (χ4v) is 3.04. The van der Waals surface area contributed by atoms with Crippen LogP contribution in [0.25, 0.3) is 0 Å². The zero-order valence-electron chi connectivity index (χ0n) is 16.7. The van der Waals surface area contributed by atoms with E-state index < -0.39 is 6.04 Å². The summed E-state index contributed by atoms with van der Waals surface area (Å²) >= 11 is 0. The molecule has 2 atom stereocenters. The van der Waals surface area contributed by atoms with E-state index in [2.05, 4.69) is 47.9 Å². The fourth-order valence-electron chi connectivity index (χ4n) is 3.04. The zero-order valence-corrected chi connectivity index (χ0v) is 16.7. The van der Waals surface area contributed by atoms with Crippen LogP contribution < -0.4 is 5.01 Å². The molecular formula is C23H26N4O. The summed E-state index contributed by atoms with van der Waals surface area (Å²) in [6.07, 6.45) is 3.74. The molecule has 5 nitrogen and oxygen atoms in total. The Morgan fingerprint density at radius 3 is 2.46 bits per heavy atom. The van der Waals surface area contributed by atoms with E-state index in [-0.39, 0.29) is 5.91 Å². The average molecular weight is 374 g/mol. The van der Waals surface area contributed by atoms with Crippen molar-refractivity contribution in [2.45, 2.75) is 45.6 Å². The molecule has 0 saturated carbocycles. The predicted octanol–water partition coefficient (Wildman–Crippen LogP) is 5.80. The maximum atomic E-state index is 12.8. The number of hydrogen-bond donors (Lipinski definition) is 0. The maximum Gasteiger partial charge on any atom is 0.280 e. The second-order valence-corrected chi connectivity index (χ2v) is 7.07. The van der Waals surface area contributed by atoms with Crippen LogP contribution in [-0.4, -0.2) is 17.7 Å². The van der Waals surface area contributed by atoms with Crippen LogP contribution >= 0.6 is 0 Å². The van der Waals surface area contributed by atoms with E-state index in [1.54, 1.807) is 6.92 Å². The Labute approximate surface area is 166 Å². The zero-order chi connectivity index (χ0) is 20.1. The molecule has 28 heavy (non-hydrogen) atoms. The van der Waals surface area contributed by atoms with Crippen LogP contribution in [-0.2, 0) is 11.2 Å². The molecule has 1 heterocycles. The van der Waals surface area contributed by atoms with Crippen molar-refractivity contribution in [2.75, 3.05) is 5.01 Å². The van der Waals surface area contributed by atoms with Gasteiger partial charge in [0.2, 0.25) is 0 Å². The molecular weight excluding hydrogens is 348 g/mol. The number of allylic oxidation sites excluding steroid dienone is 1. The molecule has 1 aliphatic heterocycles. The quantitative estimate of drug-likeness (QED) is 0.446. The third-order valence-electron chi connectivity index (χ3n) is 5.02. The maximum absolute atomic E-state index is 12.8. The van der Waals surface area contributed by atoms with Gasteiger partial charge in [-0.05, 0) is 61.1 Å². The Bertz CT molecular complexity index is 897. The Kier molecular flexibility index (Phi) is 6.14. The SMILES string of the molecule is C=CCc1ccc(N2N=C(C)C(N=Nc3ccc(C(C)CC)cc3)C2=O)cc1. The van der Waals surface area contributed by atoms with Crippen LogP contribution in [0.4, 0.5) is 11.4 Å². The van der Waals surface area contributed by atoms with Crippen molar-refractivity contribution in [1.82, 2.24) is 0 Å². The van der Waals surface area contributed by atoms with Crippen molar-refractivity contribution < 1.29 is 4.79 Å². The molecule has 0 radical (unpaired) electrons. The molecule has 2 aromatic rings. The van der Waals surface area contributed by atoms with Crippen LogP contribution in [0.1, 0.15) is 44.2 Å². The third-order valence-corrected chi connectivity index (χ3v) is 5.02. The van der Waals surface area contributed by atoms with Crippen LogP contribution in [0, 0.1) is 0 Å². The number of rotatable bonds is 7. The van der Waals surface area contributed by atoms with Crippen molar-refractivity contribution in [3.8, 4) is 0 Å². The predicted molar refractivity (Wildman–Crippen MR) is 114 cm³/mol. The Hall–Kier alpha value is -3.08. The first-order chi connectivity index (χ1) is 13.5. The van der Waals surface area contributed by atoms with E-state index in [0.717, 1.165) is 29.8 Å². The highest BCUT2D eigenvalue weighted by Gasteiger charge is 2.34. The van der Waals surface area contributed by atoms with E-state index in [4.69, 9.17) is 0 Å². The largest absolute Gasteiger partial charge is 0.280 e. The Morgan fingerprint density at radius 1 is 1.18 bits per heavy atom. The molecule has 2 unspecified atom stereocenters. The van der Waals surface area contributed by atoms with Crippen molar-refractivity contribution in [3.63, 3.8) is 0 Å². The van der Waals surface area contributed by atoms with Gasteiger partial charge < -0.3 is 0 Å². The summed E-state index contributed by atoms with van der Waals surface area (Å²) in [6, 6.07) is 15.1. The molecule has 0 aromatic heterocycles. The van der Waals surface area contributed by atoms with Gasteiger partial charge in [0.15, 0.2) is 6.04 Å². The topological polar surface area (TPSA) is 57.4 Å². The monoisotopic (exact) mass is 374 g/mol. The van der Waals surface area contributed by atoms with Crippen LogP contribution in [0.3, 0.4) is 0 Å². The normalized spacial score (nSPS) is 17.8. The van der Waals surface area contributed by atoms with Crippen molar-refractivity contribution in [2.24, 2.45) is 15.3 Å². The molecule has 2 aromatic carbocycles. The second-order valence-electron chi connectivity index (χ2n) is 7.07. The van der Waals surface area contributed by atoms with E-state index in [9.17, 15) is 4.79 Å². The molecule has 0 bridgehead atoms. The van der Waals surface area contributed by atoms with E-state index in [0.29, 0.717) is 11.6 Å². The van der Waals surface area contributed by atoms with Crippen LogP contribution in [0.15, 0.2) is 76.5 Å². The number of anilines is 1. The van der Waals surface area contributed by atoms with Crippen LogP contribution in [0.2, 0.25) is 0 Å². The molecule has 1 aliphatic rings. The first-order valence-corrected chi connectivity index (χ1v) is 9.63. The first kappa shape index (κ1) is 19.7. The van der Waals surface area contributed by atoms with Crippen molar-refractivity contribution >= 4 is 23.0 Å². The molecule has 5 heteroatoms. The van der Waals surface area contributed by atoms with Gasteiger partial charge in [0.1, 0.15) is 0 Å². The Morgan fingerprint density at radius 2 is 1.86 bits per heavy atom. The summed E-state index contributed by atoms with van der Waals surface area (Å²) in [5.41, 5.74) is 4.53. The summed E-state index contributed by atoms with van der Waals surface area (Å²) in [5, 5.41) is 14.3. The highest BCUT2D eigenvalue weighted by Crippen LogP contribution is 2.25. The van der Waals surface area contributed by atoms with Gasteiger partial charge in [-0.25, -0.2) is 0 Å². The standard InChI is InChI=1S/C23H26N4O/c1-5-7-18-8-14-21(15-9-18)27-23(28)22(17(4)26-27)25-24-20-12-10-19(11-13-20)16(3)6-2/h5,8-16,22H,1,6-7H2,2-4H3. The minimum atomic E-state index is -0.679. The average Bonchev–Trinajstić information content (AvgIpc) is 3.00. The molecule has 144 valence electrons. The lowest BCUT2D eigenvalue weighted by atomic mass is 9.99. The molecule has 1 amide bonds. The van der Waals surface area contributed by atoms with Crippen molar-refractivity contribution in [1.29, 1.82) is 0 Å². The lowest BCUT2D eigenvalue weighted by molar-refractivity contribution is -0.117. The summed E-state index contributed by atoms with van der Waals surface area (Å²) < 4.78 is 0. The van der Waals surface area contributed by atoms with Gasteiger partial charge in [0.25, 0.3) is 5.91 Å². The summed E-state index contributed by atoms with van der Waals surface area (Å²) in [7, 11) is 0. The number of benzene rings is 2. The molecule has 0 saturated heterocycles. The third kappa shape index (κ3) is 4.25. The highest BCUT2D eigenvalue weighted by molar-refractivity contribution is 6.18. The number of amides is 1. The number of carbonyl (C=O) groups excluding carboxylic acids is 1. The molecule has 3 rings (SSSR count). The smallest absolute Gasteiger partial charge is 0.269 e. The number of nitrogens with zero attached hydrogens (tertiary/aromatic N) is 4. The highest BCUT2D eigenvalue weighted by atomic mass is 16.2. The van der Waals surface area contributed by atoms with Gasteiger partial charge in [-0.3, -0.25) is 4.79 Å². The van der Waals surface area contributed by atoms with Gasteiger partial charge in [0.05, 0.1) is 17.1 Å². The summed E-state index contributed by atoms with van der Waals surface area (Å²) in [5.74, 6) is 0.331. The second kappa shape index (κ2) is 8.74. The summed E-state index contributed by atoms with van der Waals surface area (Å²) in [6.45, 7) is 9.92. The van der Waals surface area contributed by atoms with Gasteiger partial charge in [0, 0.05) is 0 Å². The van der Waals surface area contributed by atoms with E-state index >= 15 is 0 Å². The van der Waals surface area contributed by atoms with Crippen LogP contribution in [0.5, 0.6) is 0 Å². The number of hydrogen-bond acceptors (Lipinski definition) is 4. The van der Waals surface area contributed by atoms with Gasteiger partial charge in [-0.15, -0.1) is 6.58 Å². The number of azo groups is 1. The lowest BCUT2D eigenvalue weighted by Crippen LogP contribution is -2.29. The minimum Gasteiger partial charge on any atom is -0.269 e. The molecule has 0 N–H and O–H groups in total. The number of carbonyl (C=O) groups is 1. The molecule has 0 fully saturated rings. The van der Waals surface area contributed by atoms with Gasteiger partial charge in [-0.1, -0.05) is 44.2 Å². The summed E-state index contributed by atoms with van der Waals surface area (Å²) in [4.78, 5) is 12.8. The fraction of sp³-hybridized carbons (Fsp3) is 0.304. The van der Waals surface area contributed by atoms with E-state index in [1.807, 2.05) is 42.5 Å². The molecule has 0 aliphatic carbocycles. The lowest BCUT2D eigenvalue weighted by Gasteiger charge is -2.13.